The fourth-order valence-corrected chi connectivity index (χ4v) is 3.03. The minimum Gasteiger partial charge on any atom is -0.493 e. The number of amides is 2. The lowest BCUT2D eigenvalue weighted by molar-refractivity contribution is -0.138. The summed E-state index contributed by atoms with van der Waals surface area (Å²) in [5.74, 6) is 1.47. The number of nitrogens with one attached hydrogen (secondary N) is 2. The second-order valence-corrected chi connectivity index (χ2v) is 6.64. The summed E-state index contributed by atoms with van der Waals surface area (Å²) in [7, 11) is 4.51. The molecule has 0 aromatic heterocycles. The molecule has 1 aromatic rings. The van der Waals surface area contributed by atoms with Crippen LogP contribution in [0.5, 0.6) is 17.2 Å². The zero-order valence-electron chi connectivity index (χ0n) is 16.0. The Balaban J connectivity index is 2.48. The number of carbonyl (C=O) groups excluding carboxylic acids is 2. The van der Waals surface area contributed by atoms with Gasteiger partial charge in [-0.15, -0.1) is 0 Å². The van der Waals surface area contributed by atoms with Gasteiger partial charge in [0.05, 0.1) is 32.9 Å². The number of esters is 1. The minimum atomic E-state index is -0.714. The Bertz CT molecular complexity index is 724. The van der Waals surface area contributed by atoms with Gasteiger partial charge < -0.3 is 29.6 Å². The SMILES string of the molecule is COc1cc([C@H]2NC(=O)NC(C)=C2C(=O)OCCSC)cc(OC)c1OC. The molecule has 0 bridgehead atoms. The van der Waals surface area contributed by atoms with Gasteiger partial charge in [0.25, 0.3) is 0 Å². The number of methoxy groups -OCH3 is 3. The van der Waals surface area contributed by atoms with E-state index in [1.54, 1.807) is 30.8 Å². The molecule has 2 N–H and O–H groups in total. The number of hydrogen-bond donors (Lipinski definition) is 2. The fraction of sp³-hybridized carbons (Fsp3) is 0.444. The van der Waals surface area contributed by atoms with E-state index >= 15 is 0 Å². The van der Waals surface area contributed by atoms with E-state index in [-0.39, 0.29) is 6.61 Å². The van der Waals surface area contributed by atoms with Crippen LogP contribution >= 0.6 is 11.8 Å². The Labute approximate surface area is 162 Å². The van der Waals surface area contributed by atoms with Crippen molar-refractivity contribution in [2.75, 3.05) is 39.9 Å². The van der Waals surface area contributed by atoms with E-state index in [1.165, 1.54) is 21.3 Å². The van der Waals surface area contributed by atoms with Crippen molar-refractivity contribution in [1.82, 2.24) is 10.6 Å². The summed E-state index contributed by atoms with van der Waals surface area (Å²) in [4.78, 5) is 24.7. The predicted molar refractivity (Wildman–Crippen MR) is 103 cm³/mol. The number of benzene rings is 1. The van der Waals surface area contributed by atoms with E-state index in [0.29, 0.717) is 39.8 Å². The van der Waals surface area contributed by atoms with Gasteiger partial charge in [0.2, 0.25) is 5.75 Å². The Kier molecular flexibility index (Phi) is 7.23. The molecule has 2 amide bonds. The zero-order valence-corrected chi connectivity index (χ0v) is 16.8. The van der Waals surface area contributed by atoms with Crippen molar-refractivity contribution in [1.29, 1.82) is 0 Å². The molecule has 1 aliphatic rings. The number of urea groups is 1. The summed E-state index contributed by atoms with van der Waals surface area (Å²) in [6, 6.07) is 2.27. The molecule has 27 heavy (non-hydrogen) atoms. The molecule has 0 radical (unpaired) electrons. The smallest absolute Gasteiger partial charge is 0.338 e. The third-order valence-electron chi connectivity index (χ3n) is 4.03. The molecule has 0 fully saturated rings. The van der Waals surface area contributed by atoms with Crippen molar-refractivity contribution in [3.63, 3.8) is 0 Å². The van der Waals surface area contributed by atoms with Gasteiger partial charge in [-0.05, 0) is 30.9 Å². The van der Waals surface area contributed by atoms with Crippen molar-refractivity contribution in [3.05, 3.63) is 29.0 Å². The number of hydrogen-bond acceptors (Lipinski definition) is 7. The van der Waals surface area contributed by atoms with Gasteiger partial charge in [0.1, 0.15) is 6.61 Å². The van der Waals surface area contributed by atoms with Crippen LogP contribution in [0.2, 0.25) is 0 Å². The van der Waals surface area contributed by atoms with Gasteiger partial charge >= 0.3 is 12.0 Å². The zero-order chi connectivity index (χ0) is 20.0. The summed E-state index contributed by atoms with van der Waals surface area (Å²) in [5.41, 5.74) is 1.37. The normalized spacial score (nSPS) is 16.3. The molecule has 0 saturated carbocycles. The molecular formula is C18H24N2O6S. The van der Waals surface area contributed by atoms with E-state index in [1.807, 2.05) is 6.26 Å². The highest BCUT2D eigenvalue weighted by atomic mass is 32.2. The summed E-state index contributed by atoms with van der Waals surface area (Å²) in [6.45, 7) is 1.95. The highest BCUT2D eigenvalue weighted by Crippen LogP contribution is 2.41. The monoisotopic (exact) mass is 396 g/mol. The minimum absolute atomic E-state index is 0.284. The number of carbonyl (C=O) groups is 2. The fourth-order valence-electron chi connectivity index (χ4n) is 2.78. The second-order valence-electron chi connectivity index (χ2n) is 5.66. The first-order valence-electron chi connectivity index (χ1n) is 8.21. The maximum atomic E-state index is 12.6. The lowest BCUT2D eigenvalue weighted by Crippen LogP contribution is -2.45. The molecule has 1 heterocycles. The second kappa shape index (κ2) is 9.40. The average Bonchev–Trinajstić information content (AvgIpc) is 2.66. The largest absolute Gasteiger partial charge is 0.493 e. The van der Waals surface area contributed by atoms with Crippen molar-refractivity contribution >= 4 is 23.8 Å². The highest BCUT2D eigenvalue weighted by Gasteiger charge is 2.33. The van der Waals surface area contributed by atoms with Gasteiger partial charge in [-0.2, -0.15) is 11.8 Å². The summed E-state index contributed by atoms with van der Waals surface area (Å²) >= 11 is 1.58. The van der Waals surface area contributed by atoms with E-state index in [9.17, 15) is 9.59 Å². The molecule has 1 aliphatic heterocycles. The highest BCUT2D eigenvalue weighted by molar-refractivity contribution is 7.98. The first kappa shape index (κ1) is 20.8. The third-order valence-corrected chi connectivity index (χ3v) is 4.60. The molecule has 0 aliphatic carbocycles. The van der Waals surface area contributed by atoms with Crippen LogP contribution in [0.4, 0.5) is 4.79 Å². The van der Waals surface area contributed by atoms with Gasteiger partial charge in [0, 0.05) is 11.4 Å². The maximum Gasteiger partial charge on any atom is 0.338 e. The molecule has 8 nitrogen and oxygen atoms in total. The Hall–Kier alpha value is -2.55. The first-order chi connectivity index (χ1) is 13.0. The van der Waals surface area contributed by atoms with Crippen LogP contribution in [0, 0.1) is 0 Å². The molecule has 2 rings (SSSR count). The summed E-state index contributed by atoms with van der Waals surface area (Å²) in [6.07, 6.45) is 1.93. The standard InChI is InChI=1S/C18H24N2O6S/c1-10-14(17(21)26-6-7-27-5)15(20-18(22)19-10)11-8-12(23-2)16(25-4)13(9-11)24-3/h8-9,15H,6-7H2,1-5H3,(H2,19,20,22)/t15-/m1/s1. The summed E-state index contributed by atoms with van der Waals surface area (Å²) < 4.78 is 21.4. The van der Waals surface area contributed by atoms with Gasteiger partial charge in [-0.3, -0.25) is 0 Å². The third kappa shape index (κ3) is 4.60. The topological polar surface area (TPSA) is 95.1 Å². The van der Waals surface area contributed by atoms with Crippen LogP contribution in [-0.4, -0.2) is 51.9 Å². The van der Waals surface area contributed by atoms with Crippen molar-refractivity contribution in [2.45, 2.75) is 13.0 Å². The number of allylic oxidation sites excluding steroid dienone is 1. The van der Waals surface area contributed by atoms with Crippen LogP contribution in [0.3, 0.4) is 0 Å². The molecule has 0 unspecified atom stereocenters. The van der Waals surface area contributed by atoms with Gasteiger partial charge in [-0.25, -0.2) is 9.59 Å². The molecule has 9 heteroatoms. The molecule has 1 aromatic carbocycles. The van der Waals surface area contributed by atoms with E-state index < -0.39 is 18.0 Å². The lowest BCUT2D eigenvalue weighted by atomic mass is 9.95. The molecule has 0 saturated heterocycles. The number of rotatable bonds is 8. The van der Waals surface area contributed by atoms with Crippen LogP contribution < -0.4 is 24.8 Å². The quantitative estimate of drug-likeness (QED) is 0.514. The number of thioether (sulfide) groups is 1. The Morgan fingerprint density at radius 3 is 2.30 bits per heavy atom. The Morgan fingerprint density at radius 1 is 1.15 bits per heavy atom. The lowest BCUT2D eigenvalue weighted by Gasteiger charge is -2.29. The molecular weight excluding hydrogens is 372 g/mol. The van der Waals surface area contributed by atoms with Crippen molar-refractivity contribution in [2.24, 2.45) is 0 Å². The van der Waals surface area contributed by atoms with Crippen LogP contribution in [0.15, 0.2) is 23.4 Å². The van der Waals surface area contributed by atoms with Crippen molar-refractivity contribution in [3.8, 4) is 17.2 Å². The van der Waals surface area contributed by atoms with Crippen molar-refractivity contribution < 1.29 is 28.5 Å². The van der Waals surface area contributed by atoms with Crippen LogP contribution in [-0.2, 0) is 9.53 Å². The van der Waals surface area contributed by atoms with Crippen LogP contribution in [0.25, 0.3) is 0 Å². The predicted octanol–water partition coefficient (Wildman–Crippen LogP) is 2.25. The molecule has 0 spiro atoms. The molecule has 1 atom stereocenters. The van der Waals surface area contributed by atoms with E-state index in [4.69, 9.17) is 18.9 Å². The van der Waals surface area contributed by atoms with E-state index in [0.717, 1.165) is 0 Å². The van der Waals surface area contributed by atoms with Gasteiger partial charge in [-0.1, -0.05) is 0 Å². The summed E-state index contributed by atoms with van der Waals surface area (Å²) in [5, 5.41) is 5.38. The first-order valence-corrected chi connectivity index (χ1v) is 9.60. The van der Waals surface area contributed by atoms with Crippen LogP contribution in [0.1, 0.15) is 18.5 Å². The average molecular weight is 396 g/mol. The Morgan fingerprint density at radius 2 is 1.78 bits per heavy atom. The maximum absolute atomic E-state index is 12.6. The van der Waals surface area contributed by atoms with E-state index in [2.05, 4.69) is 10.6 Å². The van der Waals surface area contributed by atoms with Gasteiger partial charge in [0.15, 0.2) is 11.5 Å². The molecule has 148 valence electrons. The number of ether oxygens (including phenoxy) is 4.